The number of carbonyl (C=O) groups is 2. The Labute approximate surface area is 174 Å². The average Bonchev–Trinajstić information content (AvgIpc) is 3.14. The molecule has 3 aromatic rings. The Balaban J connectivity index is 1.52. The summed E-state index contributed by atoms with van der Waals surface area (Å²) in [4.78, 5) is 35.2. The molecule has 0 radical (unpaired) electrons. The number of nitrogens with zero attached hydrogens (tertiary/aromatic N) is 5. The number of hydrogen-bond donors (Lipinski definition) is 2. The highest BCUT2D eigenvalue weighted by Crippen LogP contribution is 2.22. The van der Waals surface area contributed by atoms with Crippen LogP contribution in [0.15, 0.2) is 30.3 Å². The molecule has 4 rings (SSSR count). The van der Waals surface area contributed by atoms with Gasteiger partial charge in [0.1, 0.15) is 0 Å². The number of likely N-dealkylation sites (tertiary alicyclic amines) is 1. The molecule has 2 aromatic heterocycles. The van der Waals surface area contributed by atoms with Crippen LogP contribution in [0.2, 0.25) is 0 Å². The Morgan fingerprint density at radius 3 is 2.83 bits per heavy atom. The van der Waals surface area contributed by atoms with Crippen LogP contribution in [0.1, 0.15) is 40.4 Å². The van der Waals surface area contributed by atoms with E-state index < -0.39 is 5.91 Å². The summed E-state index contributed by atoms with van der Waals surface area (Å²) in [6.07, 6.45) is 1.76. The molecule has 3 N–H and O–H groups in total. The summed E-state index contributed by atoms with van der Waals surface area (Å²) >= 11 is 0. The van der Waals surface area contributed by atoms with Crippen LogP contribution >= 0.6 is 0 Å². The fourth-order valence-electron chi connectivity index (χ4n) is 3.89. The summed E-state index contributed by atoms with van der Waals surface area (Å²) in [5.41, 5.74) is 8.83. The number of anilines is 1. The van der Waals surface area contributed by atoms with Crippen molar-refractivity contribution in [2.45, 2.75) is 33.2 Å². The van der Waals surface area contributed by atoms with Crippen molar-refractivity contribution in [1.29, 1.82) is 0 Å². The Bertz CT molecular complexity index is 1110. The molecule has 9 nitrogen and oxygen atoms in total. The number of benzene rings is 1. The van der Waals surface area contributed by atoms with Gasteiger partial charge in [0.2, 0.25) is 11.7 Å². The van der Waals surface area contributed by atoms with Gasteiger partial charge in [-0.2, -0.15) is 4.98 Å². The third-order valence-corrected chi connectivity index (χ3v) is 5.39. The molecule has 1 aliphatic heterocycles. The zero-order valence-corrected chi connectivity index (χ0v) is 17.1. The molecule has 1 aromatic carbocycles. The largest absolute Gasteiger partial charge is 0.369 e. The highest BCUT2D eigenvalue weighted by atomic mass is 16.2. The van der Waals surface area contributed by atoms with Crippen LogP contribution in [0.4, 0.5) is 5.69 Å². The molecule has 1 atom stereocenters. The van der Waals surface area contributed by atoms with E-state index >= 15 is 0 Å². The van der Waals surface area contributed by atoms with E-state index in [9.17, 15) is 9.59 Å². The van der Waals surface area contributed by atoms with Crippen molar-refractivity contribution in [3.63, 3.8) is 0 Å². The Hall–Kier alpha value is -3.33. The number of nitrogens with two attached hydrogens (primary N) is 1. The third kappa shape index (κ3) is 4.16. The second kappa shape index (κ2) is 8.19. The van der Waals surface area contributed by atoms with Crippen molar-refractivity contribution < 1.29 is 9.59 Å². The number of hydrogen-bond acceptors (Lipinski definition) is 6. The molecule has 3 heterocycles. The maximum atomic E-state index is 12.8. The van der Waals surface area contributed by atoms with Gasteiger partial charge in [0.05, 0.1) is 5.92 Å². The van der Waals surface area contributed by atoms with Crippen LogP contribution in [0.5, 0.6) is 0 Å². The minimum absolute atomic E-state index is 0.0674. The molecule has 9 heteroatoms. The fraction of sp³-hybridized carbons (Fsp3) is 0.381. The number of rotatable bonds is 5. The first-order chi connectivity index (χ1) is 14.4. The van der Waals surface area contributed by atoms with Crippen LogP contribution < -0.4 is 11.1 Å². The average molecular weight is 407 g/mol. The second-order valence-corrected chi connectivity index (χ2v) is 7.77. The number of aromatic nitrogens is 4. The van der Waals surface area contributed by atoms with Crippen molar-refractivity contribution in [1.82, 2.24) is 24.5 Å². The number of para-hydroxylation sites is 1. The molecular weight excluding hydrogens is 382 g/mol. The Morgan fingerprint density at radius 1 is 1.23 bits per heavy atom. The van der Waals surface area contributed by atoms with E-state index in [0.717, 1.165) is 36.3 Å². The number of fused-ring (bicyclic) bond motifs is 1. The van der Waals surface area contributed by atoms with E-state index in [4.69, 9.17) is 5.73 Å². The summed E-state index contributed by atoms with van der Waals surface area (Å²) in [5, 5.41) is 7.22. The van der Waals surface area contributed by atoms with E-state index in [1.807, 2.05) is 44.2 Å². The van der Waals surface area contributed by atoms with Crippen molar-refractivity contribution in [3.05, 3.63) is 53.1 Å². The summed E-state index contributed by atoms with van der Waals surface area (Å²) in [7, 11) is 0. The van der Waals surface area contributed by atoms with Gasteiger partial charge in [-0.1, -0.05) is 18.2 Å². The fourth-order valence-corrected chi connectivity index (χ4v) is 3.89. The van der Waals surface area contributed by atoms with Gasteiger partial charge in [0.15, 0.2) is 0 Å². The summed E-state index contributed by atoms with van der Waals surface area (Å²) in [6.45, 7) is 5.92. The zero-order chi connectivity index (χ0) is 21.3. The lowest BCUT2D eigenvalue weighted by Crippen LogP contribution is -2.40. The van der Waals surface area contributed by atoms with Crippen molar-refractivity contribution in [3.8, 4) is 0 Å². The summed E-state index contributed by atoms with van der Waals surface area (Å²) < 4.78 is 1.56. The molecule has 0 aliphatic carbocycles. The maximum absolute atomic E-state index is 12.8. The Morgan fingerprint density at radius 2 is 2.03 bits per heavy atom. The first kappa shape index (κ1) is 20.0. The summed E-state index contributed by atoms with van der Waals surface area (Å²) in [6, 6.07) is 9.51. The van der Waals surface area contributed by atoms with Gasteiger partial charge < -0.3 is 11.1 Å². The highest BCUT2D eigenvalue weighted by molar-refractivity contribution is 6.02. The molecule has 30 heavy (non-hydrogen) atoms. The summed E-state index contributed by atoms with van der Waals surface area (Å²) in [5.74, 6) is -0.298. The second-order valence-electron chi connectivity index (χ2n) is 7.77. The van der Waals surface area contributed by atoms with E-state index in [2.05, 4.69) is 25.3 Å². The van der Waals surface area contributed by atoms with Crippen molar-refractivity contribution in [2.24, 2.45) is 11.7 Å². The van der Waals surface area contributed by atoms with E-state index in [0.29, 0.717) is 24.6 Å². The van der Waals surface area contributed by atoms with Gasteiger partial charge in [-0.3, -0.25) is 14.5 Å². The van der Waals surface area contributed by atoms with Crippen LogP contribution in [0.3, 0.4) is 0 Å². The van der Waals surface area contributed by atoms with Gasteiger partial charge in [-0.25, -0.2) is 9.50 Å². The molecule has 1 aliphatic rings. The molecule has 1 unspecified atom stereocenters. The van der Waals surface area contributed by atoms with E-state index in [1.54, 1.807) is 4.52 Å². The Kier molecular flexibility index (Phi) is 5.45. The molecule has 1 fully saturated rings. The SMILES string of the molecule is Cc1cc(C)n2nc(C(=O)Nc3ccccc3CN3CCCC(C(N)=O)C3)nc2n1. The molecule has 2 amide bonds. The number of carbonyl (C=O) groups excluding carboxylic acids is 2. The zero-order valence-electron chi connectivity index (χ0n) is 17.1. The number of amides is 2. The first-order valence-electron chi connectivity index (χ1n) is 10.0. The molecule has 0 bridgehead atoms. The topological polar surface area (TPSA) is 119 Å². The molecule has 0 saturated carbocycles. The van der Waals surface area contributed by atoms with E-state index in [1.165, 1.54) is 0 Å². The van der Waals surface area contributed by atoms with Gasteiger partial charge in [0.25, 0.3) is 11.7 Å². The predicted octanol–water partition coefficient (Wildman–Crippen LogP) is 1.69. The minimum Gasteiger partial charge on any atom is -0.369 e. The monoisotopic (exact) mass is 407 g/mol. The number of nitrogens with one attached hydrogen (secondary N) is 1. The van der Waals surface area contributed by atoms with Crippen LogP contribution in [-0.4, -0.2) is 49.4 Å². The standard InChI is InChI=1S/C21H25N7O2/c1-13-10-14(2)28-21(23-13)25-19(26-28)20(30)24-17-8-4-3-6-15(17)11-27-9-5-7-16(12-27)18(22)29/h3-4,6,8,10,16H,5,7,9,11-12H2,1-2H3,(H2,22,29)(H,24,30). The maximum Gasteiger partial charge on any atom is 0.295 e. The quantitative estimate of drug-likeness (QED) is 0.664. The lowest BCUT2D eigenvalue weighted by Gasteiger charge is -2.31. The normalized spacial score (nSPS) is 17.2. The smallest absolute Gasteiger partial charge is 0.295 e. The lowest BCUT2D eigenvalue weighted by molar-refractivity contribution is -0.123. The van der Waals surface area contributed by atoms with Crippen molar-refractivity contribution >= 4 is 23.3 Å². The van der Waals surface area contributed by atoms with Gasteiger partial charge in [0, 0.05) is 30.2 Å². The molecule has 156 valence electrons. The predicted molar refractivity (Wildman–Crippen MR) is 112 cm³/mol. The number of piperidine rings is 1. The van der Waals surface area contributed by atoms with Crippen LogP contribution in [0, 0.1) is 19.8 Å². The number of aryl methyl sites for hydroxylation is 2. The van der Waals surface area contributed by atoms with Crippen molar-refractivity contribution in [2.75, 3.05) is 18.4 Å². The third-order valence-electron chi connectivity index (χ3n) is 5.39. The molecular formula is C21H25N7O2. The molecule has 1 saturated heterocycles. The van der Waals surface area contributed by atoms with Gasteiger partial charge in [-0.05, 0) is 50.9 Å². The first-order valence-corrected chi connectivity index (χ1v) is 10.0. The van der Waals surface area contributed by atoms with E-state index in [-0.39, 0.29) is 17.6 Å². The highest BCUT2D eigenvalue weighted by Gasteiger charge is 2.24. The lowest BCUT2D eigenvalue weighted by atomic mass is 9.97. The molecule has 0 spiro atoms. The number of primary amides is 1. The van der Waals surface area contributed by atoms with Crippen LogP contribution in [-0.2, 0) is 11.3 Å². The van der Waals surface area contributed by atoms with Gasteiger partial charge >= 0.3 is 0 Å². The minimum atomic E-state index is -0.390. The van der Waals surface area contributed by atoms with Gasteiger partial charge in [-0.15, -0.1) is 5.10 Å². The van der Waals surface area contributed by atoms with Crippen LogP contribution in [0.25, 0.3) is 5.78 Å².